The second-order valence-electron chi connectivity index (χ2n) is 15.7. The molecule has 12 nitrogen and oxygen atoms in total. The molecule has 0 spiro atoms. The number of phenolic OH excluding ortho intramolecular Hbond substituents is 2. The summed E-state index contributed by atoms with van der Waals surface area (Å²) in [5.41, 5.74) is 12.3. The number of amides is 1. The van der Waals surface area contributed by atoms with E-state index in [-0.39, 0.29) is 30.2 Å². The van der Waals surface area contributed by atoms with Crippen molar-refractivity contribution >= 4 is 39.5 Å². The monoisotopic (exact) mass is 802 g/mol. The predicted octanol–water partition coefficient (Wildman–Crippen LogP) is 8.44. The zero-order chi connectivity index (χ0) is 41.6. The Balaban J connectivity index is 0.000000176. The maximum absolute atomic E-state index is 12.4. The summed E-state index contributed by atoms with van der Waals surface area (Å²) in [5.74, 6) is 3.07. The topological polar surface area (TPSA) is 163 Å². The van der Waals surface area contributed by atoms with Gasteiger partial charge in [0.1, 0.15) is 29.7 Å². The molecule has 2 aromatic heterocycles. The molecule has 60 heavy (non-hydrogen) atoms. The number of carbonyl (C=O) groups is 1. The summed E-state index contributed by atoms with van der Waals surface area (Å²) in [4.78, 5) is 36.1. The lowest BCUT2D eigenvalue weighted by Gasteiger charge is -2.34. The van der Waals surface area contributed by atoms with Crippen LogP contribution in [0.5, 0.6) is 11.5 Å². The van der Waals surface area contributed by atoms with Gasteiger partial charge < -0.3 is 35.8 Å². The van der Waals surface area contributed by atoms with Crippen LogP contribution in [0, 0.1) is 13.8 Å². The minimum Gasteiger partial charge on any atom is -0.507 e. The molecule has 0 unspecified atom stereocenters. The number of phenols is 2. The Morgan fingerprint density at radius 2 is 1.20 bits per heavy atom. The number of ether oxygens (including phenoxy) is 1. The first kappa shape index (κ1) is 40.0. The van der Waals surface area contributed by atoms with E-state index in [2.05, 4.69) is 46.3 Å². The van der Waals surface area contributed by atoms with Crippen molar-refractivity contribution in [2.24, 2.45) is 5.73 Å². The van der Waals surface area contributed by atoms with Crippen LogP contribution in [0.1, 0.15) is 42.4 Å². The number of nitrogens with two attached hydrogens (primary N) is 1. The van der Waals surface area contributed by atoms with Crippen molar-refractivity contribution < 1.29 is 19.7 Å². The average molecular weight is 803 g/mol. The number of carbonyl (C=O) groups excluding carboxylic acids is 1. The van der Waals surface area contributed by atoms with Gasteiger partial charge in [0.25, 0.3) is 0 Å². The van der Waals surface area contributed by atoms with Crippen LogP contribution in [0.4, 0.5) is 16.4 Å². The molecule has 0 saturated carbocycles. The van der Waals surface area contributed by atoms with Crippen molar-refractivity contribution in [3.63, 3.8) is 0 Å². The highest BCUT2D eigenvalue weighted by atomic mass is 16.5. The summed E-state index contributed by atoms with van der Waals surface area (Å²) in [6.45, 7) is 7.48. The number of hydrogen-bond donors (Lipinski definition) is 4. The van der Waals surface area contributed by atoms with Crippen LogP contribution in [0.15, 0.2) is 115 Å². The number of nitrogens with one attached hydrogen (secondary N) is 1. The average Bonchev–Trinajstić information content (AvgIpc) is 3.25. The third-order valence-corrected chi connectivity index (χ3v) is 11.0. The molecule has 2 aliphatic heterocycles. The number of benzene rings is 5. The highest BCUT2D eigenvalue weighted by Gasteiger charge is 2.26. The van der Waals surface area contributed by atoms with Gasteiger partial charge >= 0.3 is 6.09 Å². The number of fused-ring (bicyclic) bond motifs is 2. The molecule has 5 aromatic carbocycles. The Morgan fingerprint density at radius 3 is 1.75 bits per heavy atom. The molecule has 5 N–H and O–H groups in total. The quantitative estimate of drug-likeness (QED) is 0.122. The van der Waals surface area contributed by atoms with E-state index in [4.69, 9.17) is 30.4 Å². The van der Waals surface area contributed by atoms with Crippen LogP contribution in [0.3, 0.4) is 0 Å². The van der Waals surface area contributed by atoms with Gasteiger partial charge in [0, 0.05) is 49.0 Å². The van der Waals surface area contributed by atoms with Gasteiger partial charge in [-0.1, -0.05) is 66.7 Å². The number of aromatic hydroxyl groups is 2. The van der Waals surface area contributed by atoms with Crippen LogP contribution in [0.25, 0.3) is 44.6 Å². The second kappa shape index (κ2) is 18.0. The van der Waals surface area contributed by atoms with Gasteiger partial charge in [-0.3, -0.25) is 0 Å². The third kappa shape index (κ3) is 9.24. The fourth-order valence-electron chi connectivity index (χ4n) is 7.92. The van der Waals surface area contributed by atoms with Crippen LogP contribution < -0.4 is 20.9 Å². The Kier molecular flexibility index (Phi) is 12.0. The lowest BCUT2D eigenvalue weighted by atomic mass is 10.0. The van der Waals surface area contributed by atoms with Crippen molar-refractivity contribution in [1.29, 1.82) is 0 Å². The first-order valence-electron chi connectivity index (χ1n) is 20.5. The molecule has 1 amide bonds. The molecular weight excluding hydrogens is 753 g/mol. The van der Waals surface area contributed by atoms with E-state index in [9.17, 15) is 15.0 Å². The lowest BCUT2D eigenvalue weighted by Crippen LogP contribution is -2.48. The molecule has 0 radical (unpaired) electrons. The summed E-state index contributed by atoms with van der Waals surface area (Å²) in [7, 11) is 0. The summed E-state index contributed by atoms with van der Waals surface area (Å²) < 4.78 is 5.42. The number of nitrogens with zero attached hydrogens (tertiary/aromatic N) is 6. The lowest BCUT2D eigenvalue weighted by molar-refractivity contribution is 0.134. The molecule has 12 heteroatoms. The molecular formula is C48H50N8O4. The molecule has 0 bridgehead atoms. The maximum atomic E-state index is 12.4. The number of para-hydroxylation sites is 2. The van der Waals surface area contributed by atoms with Crippen molar-refractivity contribution in [3.05, 3.63) is 132 Å². The van der Waals surface area contributed by atoms with Gasteiger partial charge in [-0.15, -0.1) is 0 Å². The Hall–Kier alpha value is -6.79. The second-order valence-corrected chi connectivity index (χ2v) is 15.7. The highest BCUT2D eigenvalue weighted by Crippen LogP contribution is 2.35. The number of piperidine rings is 2. The van der Waals surface area contributed by atoms with Crippen LogP contribution >= 0.6 is 0 Å². The van der Waals surface area contributed by atoms with Crippen molar-refractivity contribution in [2.45, 2.75) is 58.2 Å². The maximum Gasteiger partial charge on any atom is 0.407 e. The fraction of sp³-hybridized carbons (Fsp3) is 0.271. The molecule has 4 heterocycles. The Labute approximate surface area is 349 Å². The Morgan fingerprint density at radius 1 is 0.683 bits per heavy atom. The standard InChI is InChI=1S/C28H28N4O3.C20H22N4O/c1-19-13-14-22-24(16-19)30-26(23-11-5-6-12-25(23)33)31-27(22)32-15-7-10-21(17-32)29-28(34)35-18-20-8-3-2-4-9-20;1-13-8-9-15-17(11-13)22-19(16-6-2-3-7-18(16)25)23-20(15)24-10-4-5-14(21)12-24/h2-6,8-9,11-14,16,21,33H,7,10,15,17-18H2,1H3,(H,29,34);2-3,6-9,11,14,25H,4-5,10,12,21H2,1H3/t21-;14-/m00/s1. The van der Waals surface area contributed by atoms with E-state index in [1.807, 2.05) is 73.7 Å². The van der Waals surface area contributed by atoms with E-state index < -0.39 is 6.09 Å². The van der Waals surface area contributed by atoms with Gasteiger partial charge in [0.2, 0.25) is 0 Å². The van der Waals surface area contributed by atoms with E-state index in [1.54, 1.807) is 24.3 Å². The smallest absolute Gasteiger partial charge is 0.407 e. The van der Waals surface area contributed by atoms with Gasteiger partial charge in [-0.25, -0.2) is 24.7 Å². The molecule has 9 rings (SSSR count). The van der Waals surface area contributed by atoms with Gasteiger partial charge in [0.15, 0.2) is 11.6 Å². The van der Waals surface area contributed by atoms with Crippen molar-refractivity contribution in [1.82, 2.24) is 25.3 Å². The number of hydrogen-bond acceptors (Lipinski definition) is 11. The number of alkyl carbamates (subject to hydrolysis) is 1. The number of aryl methyl sites for hydroxylation is 2. The molecule has 306 valence electrons. The first-order chi connectivity index (χ1) is 29.2. The molecule has 2 saturated heterocycles. The van der Waals surface area contributed by atoms with Gasteiger partial charge in [-0.2, -0.15) is 0 Å². The normalized spacial score (nSPS) is 16.6. The number of aromatic nitrogens is 4. The molecule has 2 fully saturated rings. The minimum absolute atomic E-state index is 0.0592. The summed E-state index contributed by atoms with van der Waals surface area (Å²) in [6.07, 6.45) is 3.46. The molecule has 2 aliphatic rings. The summed E-state index contributed by atoms with van der Waals surface area (Å²) >= 11 is 0. The first-order valence-corrected chi connectivity index (χ1v) is 20.5. The zero-order valence-electron chi connectivity index (χ0n) is 34.0. The van der Waals surface area contributed by atoms with E-state index in [1.165, 1.54) is 0 Å². The van der Waals surface area contributed by atoms with E-state index >= 15 is 0 Å². The summed E-state index contributed by atoms with van der Waals surface area (Å²) in [6, 6.07) is 36.4. The highest BCUT2D eigenvalue weighted by molar-refractivity contribution is 5.93. The van der Waals surface area contributed by atoms with E-state index in [0.717, 1.165) is 95.4 Å². The fourth-order valence-corrected chi connectivity index (χ4v) is 7.92. The molecule has 2 atom stereocenters. The van der Waals surface area contributed by atoms with Gasteiger partial charge in [-0.05, 0) is 105 Å². The summed E-state index contributed by atoms with van der Waals surface area (Å²) in [5, 5.41) is 25.6. The van der Waals surface area contributed by atoms with Crippen LogP contribution in [-0.2, 0) is 11.3 Å². The van der Waals surface area contributed by atoms with Gasteiger partial charge in [0.05, 0.1) is 22.2 Å². The van der Waals surface area contributed by atoms with Crippen molar-refractivity contribution in [2.75, 3.05) is 36.0 Å². The predicted molar refractivity (Wildman–Crippen MR) is 237 cm³/mol. The Bertz CT molecular complexity index is 2620. The third-order valence-electron chi connectivity index (χ3n) is 11.0. The minimum atomic E-state index is -0.418. The van der Waals surface area contributed by atoms with Crippen molar-refractivity contribution in [3.8, 4) is 34.3 Å². The SMILES string of the molecule is Cc1ccc2c(N3CCC[C@H](N)C3)nc(-c3ccccc3O)nc2c1.Cc1ccc2c(N3CCC[C@H](NC(=O)OCc4ccccc4)C3)nc(-c3ccccc3O)nc2c1. The largest absolute Gasteiger partial charge is 0.507 e. The zero-order valence-corrected chi connectivity index (χ0v) is 34.0. The number of anilines is 2. The molecule has 0 aliphatic carbocycles. The number of rotatable bonds is 7. The van der Waals surface area contributed by atoms with Crippen LogP contribution in [-0.4, -0.2) is 74.5 Å². The van der Waals surface area contributed by atoms with E-state index in [0.29, 0.717) is 29.3 Å². The molecule has 7 aromatic rings. The van der Waals surface area contributed by atoms with Crippen LogP contribution in [0.2, 0.25) is 0 Å².